The number of rotatable bonds is 5. The first kappa shape index (κ1) is 27.5. The fraction of sp³-hybridized carbons (Fsp3) is 0. The molecule has 0 fully saturated rings. The highest BCUT2D eigenvalue weighted by atomic mass is 16.3. The maximum atomic E-state index is 6.41. The van der Waals surface area contributed by atoms with Gasteiger partial charge in [-0.05, 0) is 82.1 Å². The minimum atomic E-state index is 0.859. The van der Waals surface area contributed by atoms with E-state index in [2.05, 4.69) is 157 Å². The van der Waals surface area contributed by atoms with E-state index < -0.39 is 0 Å². The molecule has 3 nitrogen and oxygen atoms in total. The van der Waals surface area contributed by atoms with Crippen molar-refractivity contribution in [1.29, 1.82) is 0 Å². The molecule has 0 spiro atoms. The van der Waals surface area contributed by atoms with E-state index in [4.69, 9.17) is 8.83 Å². The van der Waals surface area contributed by atoms with Gasteiger partial charge < -0.3 is 13.7 Å². The molecule has 8 aromatic carbocycles. The summed E-state index contributed by atoms with van der Waals surface area (Å²) in [6, 6.07) is 62.2. The van der Waals surface area contributed by atoms with Crippen molar-refractivity contribution in [3.63, 3.8) is 0 Å². The molecule has 0 unspecified atom stereocenters. The zero-order chi connectivity index (χ0) is 32.3. The van der Waals surface area contributed by atoms with E-state index in [-0.39, 0.29) is 0 Å². The molecule has 0 saturated heterocycles. The van der Waals surface area contributed by atoms with Crippen molar-refractivity contribution in [2.45, 2.75) is 0 Å². The van der Waals surface area contributed by atoms with E-state index in [1.165, 1.54) is 16.3 Å². The highest BCUT2D eigenvalue weighted by Gasteiger charge is 2.22. The lowest BCUT2D eigenvalue weighted by molar-refractivity contribution is 0.668. The number of anilines is 3. The molecule has 230 valence electrons. The third-order valence-electron chi connectivity index (χ3n) is 9.66. The van der Waals surface area contributed by atoms with Crippen LogP contribution in [0.3, 0.4) is 0 Å². The molecule has 0 aliphatic rings. The molecule has 0 amide bonds. The number of fused-ring (bicyclic) bond motifs is 7. The first-order valence-corrected chi connectivity index (χ1v) is 16.6. The number of hydrogen-bond donors (Lipinski definition) is 0. The molecule has 0 radical (unpaired) electrons. The fourth-order valence-electron chi connectivity index (χ4n) is 7.45. The second-order valence-electron chi connectivity index (χ2n) is 12.5. The highest BCUT2D eigenvalue weighted by Crippen LogP contribution is 2.47. The average molecular weight is 628 g/mol. The Bertz CT molecular complexity index is 2850. The van der Waals surface area contributed by atoms with Crippen molar-refractivity contribution in [3.8, 4) is 22.3 Å². The molecule has 0 aliphatic carbocycles. The van der Waals surface area contributed by atoms with Gasteiger partial charge in [-0.1, -0.05) is 121 Å². The third kappa shape index (κ3) is 4.44. The Morgan fingerprint density at radius 3 is 1.86 bits per heavy atom. The maximum absolute atomic E-state index is 6.41. The molecular weight excluding hydrogens is 599 g/mol. The minimum Gasteiger partial charge on any atom is -0.456 e. The van der Waals surface area contributed by atoms with Crippen LogP contribution >= 0.6 is 0 Å². The van der Waals surface area contributed by atoms with Crippen LogP contribution in [0.25, 0.3) is 76.9 Å². The lowest BCUT2D eigenvalue weighted by atomic mass is 9.96. The lowest BCUT2D eigenvalue weighted by Gasteiger charge is -2.29. The third-order valence-corrected chi connectivity index (χ3v) is 9.66. The van der Waals surface area contributed by atoms with E-state index in [1.54, 1.807) is 0 Å². The van der Waals surface area contributed by atoms with Crippen molar-refractivity contribution in [1.82, 2.24) is 0 Å². The number of furan rings is 2. The van der Waals surface area contributed by atoms with Gasteiger partial charge in [-0.2, -0.15) is 0 Å². The predicted octanol–water partition coefficient (Wildman–Crippen LogP) is 13.4. The largest absolute Gasteiger partial charge is 0.456 e. The zero-order valence-electron chi connectivity index (χ0n) is 26.5. The van der Waals surface area contributed by atoms with Gasteiger partial charge in [-0.25, -0.2) is 0 Å². The summed E-state index contributed by atoms with van der Waals surface area (Å²) in [7, 11) is 0. The second-order valence-corrected chi connectivity index (χ2v) is 12.5. The summed E-state index contributed by atoms with van der Waals surface area (Å²) in [6.07, 6.45) is 0. The van der Waals surface area contributed by atoms with E-state index in [0.717, 1.165) is 77.6 Å². The standard InChI is InChI=1S/C46H29NO2/c1-2-16-34-30(12-1)13-10-20-35(34)31-14-9-15-33(28-31)47(41-22-11-25-45-46(41)38-19-5-8-24-43(38)49-45)40-21-6-3-17-36(40)32-26-27-44-39(29-32)37-18-4-7-23-42(37)48-44/h1-29H. The topological polar surface area (TPSA) is 29.5 Å². The average Bonchev–Trinajstić information content (AvgIpc) is 3.74. The fourth-order valence-corrected chi connectivity index (χ4v) is 7.45. The van der Waals surface area contributed by atoms with Gasteiger partial charge >= 0.3 is 0 Å². The Balaban J connectivity index is 1.24. The van der Waals surface area contributed by atoms with Gasteiger partial charge in [0.15, 0.2) is 0 Å². The monoisotopic (exact) mass is 627 g/mol. The molecule has 0 N–H and O–H groups in total. The Morgan fingerprint density at radius 2 is 0.939 bits per heavy atom. The summed E-state index contributed by atoms with van der Waals surface area (Å²) >= 11 is 0. The maximum Gasteiger partial charge on any atom is 0.137 e. The van der Waals surface area contributed by atoms with Crippen LogP contribution in [0.1, 0.15) is 0 Å². The molecule has 49 heavy (non-hydrogen) atoms. The van der Waals surface area contributed by atoms with Crippen LogP contribution < -0.4 is 4.90 Å². The summed E-state index contributed by atoms with van der Waals surface area (Å²) in [6.45, 7) is 0. The second kappa shape index (κ2) is 11.0. The Morgan fingerprint density at radius 1 is 0.347 bits per heavy atom. The molecule has 2 aromatic heterocycles. The lowest BCUT2D eigenvalue weighted by Crippen LogP contribution is -2.11. The van der Waals surface area contributed by atoms with Crippen molar-refractivity contribution < 1.29 is 8.83 Å². The van der Waals surface area contributed by atoms with Crippen molar-refractivity contribution >= 4 is 71.7 Å². The van der Waals surface area contributed by atoms with Gasteiger partial charge in [-0.3, -0.25) is 0 Å². The van der Waals surface area contributed by atoms with Crippen molar-refractivity contribution in [2.75, 3.05) is 4.90 Å². The van der Waals surface area contributed by atoms with E-state index in [0.29, 0.717) is 0 Å². The van der Waals surface area contributed by atoms with Crippen LogP contribution in [0, 0.1) is 0 Å². The quantitative estimate of drug-likeness (QED) is 0.190. The Kier molecular flexibility index (Phi) is 6.18. The predicted molar refractivity (Wildman–Crippen MR) is 204 cm³/mol. The number of hydrogen-bond acceptors (Lipinski definition) is 3. The Labute approximate surface area is 282 Å². The van der Waals surface area contributed by atoms with Crippen molar-refractivity contribution in [2.24, 2.45) is 0 Å². The molecule has 2 heterocycles. The van der Waals surface area contributed by atoms with Crippen LogP contribution in [-0.2, 0) is 0 Å². The van der Waals surface area contributed by atoms with Crippen LogP contribution in [-0.4, -0.2) is 0 Å². The minimum absolute atomic E-state index is 0.859. The van der Waals surface area contributed by atoms with Crippen molar-refractivity contribution in [3.05, 3.63) is 176 Å². The molecule has 0 aliphatic heterocycles. The number of benzene rings is 8. The molecule has 10 rings (SSSR count). The Hall–Kier alpha value is -6.58. The van der Waals surface area contributed by atoms with Gasteiger partial charge in [0.2, 0.25) is 0 Å². The molecule has 0 saturated carbocycles. The molecule has 10 aromatic rings. The van der Waals surface area contributed by atoms with Gasteiger partial charge in [-0.15, -0.1) is 0 Å². The van der Waals surface area contributed by atoms with E-state index >= 15 is 0 Å². The summed E-state index contributed by atoms with van der Waals surface area (Å²) in [5, 5.41) is 6.86. The molecule has 0 atom stereocenters. The normalized spacial score (nSPS) is 11.7. The van der Waals surface area contributed by atoms with E-state index in [1.807, 2.05) is 24.3 Å². The molecular formula is C46H29NO2. The number of nitrogens with zero attached hydrogens (tertiary/aromatic N) is 1. The van der Waals surface area contributed by atoms with Crippen LogP contribution in [0.2, 0.25) is 0 Å². The summed E-state index contributed by atoms with van der Waals surface area (Å²) in [5.74, 6) is 0. The first-order chi connectivity index (χ1) is 24.3. The highest BCUT2D eigenvalue weighted by molar-refractivity contribution is 6.14. The molecule has 3 heteroatoms. The number of para-hydroxylation sites is 3. The summed E-state index contributed by atoms with van der Waals surface area (Å²) in [5.41, 5.74) is 11.3. The van der Waals surface area contributed by atoms with Crippen LogP contribution in [0.4, 0.5) is 17.1 Å². The van der Waals surface area contributed by atoms with Gasteiger partial charge in [0.1, 0.15) is 22.3 Å². The molecule has 0 bridgehead atoms. The van der Waals surface area contributed by atoms with Gasteiger partial charge in [0.05, 0.1) is 16.8 Å². The smallest absolute Gasteiger partial charge is 0.137 e. The summed E-state index contributed by atoms with van der Waals surface area (Å²) < 4.78 is 12.6. The van der Waals surface area contributed by atoms with Gasteiger partial charge in [0, 0.05) is 27.4 Å². The van der Waals surface area contributed by atoms with Crippen LogP contribution in [0.5, 0.6) is 0 Å². The van der Waals surface area contributed by atoms with Gasteiger partial charge in [0.25, 0.3) is 0 Å². The van der Waals surface area contributed by atoms with E-state index in [9.17, 15) is 0 Å². The SMILES string of the molecule is c1cc(-c2cccc3ccccc23)cc(N(c2ccccc2-c2ccc3oc4ccccc4c3c2)c2cccc3oc4ccccc4c23)c1. The van der Waals surface area contributed by atoms with Crippen LogP contribution in [0.15, 0.2) is 185 Å². The summed E-state index contributed by atoms with van der Waals surface area (Å²) in [4.78, 5) is 2.39. The first-order valence-electron chi connectivity index (χ1n) is 16.6. The zero-order valence-corrected chi connectivity index (χ0v) is 26.5.